The van der Waals surface area contributed by atoms with E-state index in [1.165, 1.54) is 12.8 Å². The normalized spacial score (nSPS) is 28.9. The predicted octanol–water partition coefficient (Wildman–Crippen LogP) is 0.524. The molecule has 2 heterocycles. The molecule has 0 aliphatic carbocycles. The van der Waals surface area contributed by atoms with E-state index in [4.69, 9.17) is 14.2 Å². The third kappa shape index (κ3) is 4.61. The molecule has 3 unspecified atom stereocenters. The number of nitrogens with zero attached hydrogens (tertiary/aromatic N) is 1. The first-order valence-corrected chi connectivity index (χ1v) is 7.60. The minimum absolute atomic E-state index is 0.363. The lowest BCUT2D eigenvalue weighted by Crippen LogP contribution is -2.47. The zero-order valence-corrected chi connectivity index (χ0v) is 12.6. The number of guanidine groups is 1. The van der Waals surface area contributed by atoms with Crippen molar-refractivity contribution in [3.8, 4) is 0 Å². The zero-order valence-electron chi connectivity index (χ0n) is 12.6. The largest absolute Gasteiger partial charge is 0.382 e. The summed E-state index contributed by atoms with van der Waals surface area (Å²) in [5.74, 6) is 0.865. The number of aliphatic imine (C=N–C) groups is 1. The van der Waals surface area contributed by atoms with Gasteiger partial charge in [0.25, 0.3) is 0 Å². The Labute approximate surface area is 121 Å². The fraction of sp³-hybridized carbons (Fsp3) is 0.929. The average molecular weight is 285 g/mol. The number of ether oxygens (including phenoxy) is 3. The number of rotatable bonds is 8. The molecule has 2 bridgehead atoms. The van der Waals surface area contributed by atoms with Gasteiger partial charge in [0.2, 0.25) is 0 Å². The molecule has 0 aromatic heterocycles. The fourth-order valence-corrected chi connectivity index (χ4v) is 2.75. The van der Waals surface area contributed by atoms with Crippen LogP contribution in [0.3, 0.4) is 0 Å². The van der Waals surface area contributed by atoms with Crippen molar-refractivity contribution in [2.75, 3.05) is 40.0 Å². The second-order valence-corrected chi connectivity index (χ2v) is 5.23. The Morgan fingerprint density at radius 3 is 2.85 bits per heavy atom. The van der Waals surface area contributed by atoms with Gasteiger partial charge in [-0.25, -0.2) is 0 Å². The van der Waals surface area contributed by atoms with Crippen molar-refractivity contribution in [1.29, 1.82) is 0 Å². The first-order valence-electron chi connectivity index (χ1n) is 7.60. The van der Waals surface area contributed by atoms with E-state index in [2.05, 4.69) is 22.5 Å². The van der Waals surface area contributed by atoms with Crippen molar-refractivity contribution in [2.24, 2.45) is 4.99 Å². The van der Waals surface area contributed by atoms with Gasteiger partial charge in [0.05, 0.1) is 44.6 Å². The molecule has 6 heteroatoms. The maximum absolute atomic E-state index is 5.85. The van der Waals surface area contributed by atoms with Crippen LogP contribution >= 0.6 is 0 Å². The van der Waals surface area contributed by atoms with Gasteiger partial charge < -0.3 is 24.8 Å². The van der Waals surface area contributed by atoms with Crippen LogP contribution < -0.4 is 10.6 Å². The van der Waals surface area contributed by atoms with E-state index in [1.54, 1.807) is 7.11 Å². The smallest absolute Gasteiger partial charge is 0.191 e. The molecule has 0 amide bonds. The van der Waals surface area contributed by atoms with Crippen LogP contribution in [0.2, 0.25) is 0 Å². The molecule has 0 spiro atoms. The number of hydrogen-bond acceptors (Lipinski definition) is 4. The summed E-state index contributed by atoms with van der Waals surface area (Å²) >= 11 is 0. The third-order valence-electron chi connectivity index (χ3n) is 3.71. The van der Waals surface area contributed by atoms with Crippen LogP contribution in [0.1, 0.15) is 26.2 Å². The summed E-state index contributed by atoms with van der Waals surface area (Å²) in [6, 6.07) is 0.404. The van der Waals surface area contributed by atoms with Crippen molar-refractivity contribution in [1.82, 2.24) is 10.6 Å². The van der Waals surface area contributed by atoms with E-state index >= 15 is 0 Å². The highest BCUT2D eigenvalue weighted by atomic mass is 16.5. The molecule has 2 N–H and O–H groups in total. The van der Waals surface area contributed by atoms with Crippen molar-refractivity contribution < 1.29 is 14.2 Å². The molecule has 2 fully saturated rings. The molecule has 3 atom stereocenters. The summed E-state index contributed by atoms with van der Waals surface area (Å²) in [6.07, 6.45) is 4.30. The van der Waals surface area contributed by atoms with Gasteiger partial charge in [-0.1, -0.05) is 0 Å². The van der Waals surface area contributed by atoms with Gasteiger partial charge in [-0.15, -0.1) is 0 Å². The molecule has 0 saturated carbocycles. The minimum atomic E-state index is 0.363. The Kier molecular flexibility index (Phi) is 6.56. The maximum Gasteiger partial charge on any atom is 0.191 e. The first-order chi connectivity index (χ1) is 9.83. The van der Waals surface area contributed by atoms with E-state index in [9.17, 15) is 0 Å². The average Bonchev–Trinajstić information content (AvgIpc) is 3.05. The Bertz CT molecular complexity index is 312. The third-order valence-corrected chi connectivity index (χ3v) is 3.71. The maximum atomic E-state index is 5.85. The lowest BCUT2D eigenvalue weighted by atomic mass is 9.96. The molecule has 2 aliphatic rings. The molecule has 20 heavy (non-hydrogen) atoms. The summed E-state index contributed by atoms with van der Waals surface area (Å²) in [7, 11) is 1.67. The fourth-order valence-electron chi connectivity index (χ4n) is 2.75. The molecular weight excluding hydrogens is 258 g/mol. The molecule has 116 valence electrons. The van der Waals surface area contributed by atoms with Crippen LogP contribution in [0.4, 0.5) is 0 Å². The SMILES string of the molecule is CCNC(=NCCOCCOC)NC1CC2CCC1O2. The molecule has 0 radical (unpaired) electrons. The van der Waals surface area contributed by atoms with Crippen LogP contribution in [0, 0.1) is 0 Å². The molecule has 6 nitrogen and oxygen atoms in total. The highest BCUT2D eigenvalue weighted by Crippen LogP contribution is 2.34. The van der Waals surface area contributed by atoms with Gasteiger partial charge in [0.1, 0.15) is 0 Å². The Morgan fingerprint density at radius 2 is 2.20 bits per heavy atom. The Morgan fingerprint density at radius 1 is 1.30 bits per heavy atom. The van der Waals surface area contributed by atoms with Crippen LogP contribution in [-0.4, -0.2) is 64.2 Å². The quantitative estimate of drug-likeness (QED) is 0.387. The number of methoxy groups -OCH3 is 1. The van der Waals surface area contributed by atoms with Crippen molar-refractivity contribution in [3.05, 3.63) is 0 Å². The molecule has 2 saturated heterocycles. The molecular formula is C14H27N3O3. The van der Waals surface area contributed by atoms with Gasteiger partial charge in [0, 0.05) is 13.7 Å². The molecule has 2 aliphatic heterocycles. The lowest BCUT2D eigenvalue weighted by Gasteiger charge is -2.22. The van der Waals surface area contributed by atoms with E-state index in [0.29, 0.717) is 44.6 Å². The van der Waals surface area contributed by atoms with Crippen molar-refractivity contribution >= 4 is 5.96 Å². The lowest BCUT2D eigenvalue weighted by molar-refractivity contribution is 0.0748. The van der Waals surface area contributed by atoms with Gasteiger partial charge in [-0.3, -0.25) is 4.99 Å². The molecule has 0 aromatic rings. The second-order valence-electron chi connectivity index (χ2n) is 5.23. The van der Waals surface area contributed by atoms with Crippen molar-refractivity contribution in [3.63, 3.8) is 0 Å². The summed E-state index contributed by atoms with van der Waals surface area (Å²) in [5, 5.41) is 6.76. The summed E-state index contributed by atoms with van der Waals surface area (Å²) < 4.78 is 16.2. The van der Waals surface area contributed by atoms with E-state index in [1.807, 2.05) is 0 Å². The van der Waals surface area contributed by atoms with E-state index in [0.717, 1.165) is 18.9 Å². The zero-order chi connectivity index (χ0) is 14.2. The highest BCUT2D eigenvalue weighted by molar-refractivity contribution is 5.80. The second kappa shape index (κ2) is 8.44. The Balaban J connectivity index is 1.69. The highest BCUT2D eigenvalue weighted by Gasteiger charge is 2.41. The Hall–Kier alpha value is -0.850. The standard InChI is InChI=1S/C14H27N3O3/c1-3-15-14(16-6-7-19-9-8-18-2)17-12-10-11-4-5-13(12)20-11/h11-13H,3-10H2,1-2H3,(H2,15,16,17). The van der Waals surface area contributed by atoms with Crippen LogP contribution in [0.15, 0.2) is 4.99 Å². The topological polar surface area (TPSA) is 64.1 Å². The van der Waals surface area contributed by atoms with Gasteiger partial charge in [-0.05, 0) is 26.2 Å². The predicted molar refractivity (Wildman–Crippen MR) is 78.1 cm³/mol. The number of fused-ring (bicyclic) bond motifs is 2. The van der Waals surface area contributed by atoms with Crippen LogP contribution in [0.25, 0.3) is 0 Å². The molecule has 0 aromatic carbocycles. The first kappa shape index (κ1) is 15.5. The van der Waals surface area contributed by atoms with Crippen LogP contribution in [0.5, 0.6) is 0 Å². The van der Waals surface area contributed by atoms with Crippen LogP contribution in [-0.2, 0) is 14.2 Å². The van der Waals surface area contributed by atoms with Crippen molar-refractivity contribution in [2.45, 2.75) is 44.4 Å². The minimum Gasteiger partial charge on any atom is -0.382 e. The van der Waals surface area contributed by atoms with Gasteiger partial charge in [-0.2, -0.15) is 0 Å². The van der Waals surface area contributed by atoms with Gasteiger partial charge >= 0.3 is 0 Å². The summed E-state index contributed by atoms with van der Waals surface area (Å²) in [6.45, 7) is 5.45. The van der Waals surface area contributed by atoms with Gasteiger partial charge in [0.15, 0.2) is 5.96 Å². The summed E-state index contributed by atoms with van der Waals surface area (Å²) in [5.41, 5.74) is 0. The summed E-state index contributed by atoms with van der Waals surface area (Å²) in [4.78, 5) is 4.53. The monoisotopic (exact) mass is 285 g/mol. The molecule has 2 rings (SSSR count). The number of hydrogen-bond donors (Lipinski definition) is 2. The van der Waals surface area contributed by atoms with E-state index in [-0.39, 0.29) is 0 Å². The number of nitrogens with one attached hydrogen (secondary N) is 2. The van der Waals surface area contributed by atoms with E-state index < -0.39 is 0 Å².